The van der Waals surface area contributed by atoms with Gasteiger partial charge in [0.1, 0.15) is 23.5 Å². The summed E-state index contributed by atoms with van der Waals surface area (Å²) < 4.78 is 13.2. The molecule has 3 aliphatic rings. The van der Waals surface area contributed by atoms with Crippen molar-refractivity contribution in [2.24, 2.45) is 11.0 Å². The number of nitrogens with zero attached hydrogens (tertiary/aromatic N) is 3. The van der Waals surface area contributed by atoms with Crippen LogP contribution in [0.15, 0.2) is 53.6 Å². The van der Waals surface area contributed by atoms with Crippen molar-refractivity contribution in [3.63, 3.8) is 0 Å². The smallest absolute Gasteiger partial charge is 0.261 e. The van der Waals surface area contributed by atoms with E-state index in [1.165, 1.54) is 12.1 Å². The molecular formula is C22H15FN4O5. The van der Waals surface area contributed by atoms with Crippen LogP contribution in [0.1, 0.15) is 27.1 Å². The maximum Gasteiger partial charge on any atom is 0.261 e. The lowest BCUT2D eigenvalue weighted by atomic mass is 9.94. The molecule has 1 fully saturated rings. The van der Waals surface area contributed by atoms with Gasteiger partial charge in [0.05, 0.1) is 16.8 Å². The second kappa shape index (κ2) is 7.19. The van der Waals surface area contributed by atoms with Crippen molar-refractivity contribution in [3.05, 3.63) is 65.5 Å². The molecule has 0 saturated carbocycles. The molecule has 1 N–H and O–H groups in total. The van der Waals surface area contributed by atoms with Crippen LogP contribution in [0.2, 0.25) is 0 Å². The number of carbonyl (C=O) groups is 5. The van der Waals surface area contributed by atoms with Gasteiger partial charge in [-0.15, -0.1) is 0 Å². The van der Waals surface area contributed by atoms with Crippen molar-refractivity contribution >= 4 is 40.8 Å². The molecule has 2 aromatic rings. The van der Waals surface area contributed by atoms with E-state index in [2.05, 4.69) is 10.5 Å². The molecule has 1 saturated heterocycles. The van der Waals surface area contributed by atoms with Crippen LogP contribution in [-0.2, 0) is 14.4 Å². The van der Waals surface area contributed by atoms with Crippen LogP contribution in [0.5, 0.6) is 0 Å². The number of nitrogens with one attached hydrogen (secondary N) is 1. The van der Waals surface area contributed by atoms with Crippen molar-refractivity contribution in [3.8, 4) is 0 Å². The van der Waals surface area contributed by atoms with E-state index in [-0.39, 0.29) is 35.5 Å². The number of fused-ring (bicyclic) bond motifs is 2. The molecule has 2 aromatic carbocycles. The molecule has 32 heavy (non-hydrogen) atoms. The van der Waals surface area contributed by atoms with E-state index in [0.717, 1.165) is 21.9 Å². The van der Waals surface area contributed by atoms with Gasteiger partial charge in [-0.2, -0.15) is 5.10 Å². The zero-order chi connectivity index (χ0) is 22.6. The number of amides is 4. The van der Waals surface area contributed by atoms with Crippen LogP contribution in [0.4, 0.5) is 10.1 Å². The Hall–Kier alpha value is -4.21. The average Bonchev–Trinajstić information content (AvgIpc) is 3.41. The quantitative estimate of drug-likeness (QED) is 0.699. The van der Waals surface area contributed by atoms with E-state index in [0.29, 0.717) is 0 Å². The highest BCUT2D eigenvalue weighted by molar-refractivity contribution is 6.48. The van der Waals surface area contributed by atoms with E-state index in [9.17, 15) is 28.4 Å². The molecule has 4 amide bonds. The third kappa shape index (κ3) is 2.83. The number of carbonyl (C=O) groups excluding carboxylic acids is 5. The van der Waals surface area contributed by atoms with Crippen molar-refractivity contribution in [2.45, 2.75) is 12.5 Å². The van der Waals surface area contributed by atoms with Gasteiger partial charge in [0.25, 0.3) is 17.7 Å². The van der Waals surface area contributed by atoms with Gasteiger partial charge in [-0.25, -0.2) is 9.29 Å². The van der Waals surface area contributed by atoms with Crippen LogP contribution in [-0.4, -0.2) is 52.6 Å². The fraction of sp³-hybridized carbons (Fsp3) is 0.182. The van der Waals surface area contributed by atoms with Gasteiger partial charge >= 0.3 is 0 Å². The van der Waals surface area contributed by atoms with Crippen LogP contribution >= 0.6 is 0 Å². The van der Waals surface area contributed by atoms with Gasteiger partial charge < -0.3 is 0 Å². The number of ketones is 1. The summed E-state index contributed by atoms with van der Waals surface area (Å²) in [6.07, 6.45) is -0.243. The largest absolute Gasteiger partial charge is 0.296 e. The Morgan fingerprint density at radius 3 is 2.19 bits per heavy atom. The monoisotopic (exact) mass is 434 g/mol. The minimum Gasteiger partial charge on any atom is -0.296 e. The van der Waals surface area contributed by atoms with Gasteiger partial charge in [-0.1, -0.05) is 12.1 Å². The molecule has 10 heteroatoms. The molecule has 0 spiro atoms. The number of rotatable bonds is 5. The summed E-state index contributed by atoms with van der Waals surface area (Å²) in [5.41, 5.74) is 3.14. The molecule has 3 heterocycles. The Balaban J connectivity index is 1.30. The number of hydrogen-bond donors (Lipinski definition) is 1. The molecule has 0 aliphatic carbocycles. The second-order valence-corrected chi connectivity index (χ2v) is 7.55. The Kier molecular flexibility index (Phi) is 4.43. The van der Waals surface area contributed by atoms with Crippen LogP contribution < -0.4 is 10.3 Å². The molecule has 0 aromatic heterocycles. The third-order valence-corrected chi connectivity index (χ3v) is 5.74. The zero-order valence-corrected chi connectivity index (χ0v) is 16.4. The maximum atomic E-state index is 13.2. The van der Waals surface area contributed by atoms with Gasteiger partial charge in [-0.05, 0) is 36.4 Å². The van der Waals surface area contributed by atoms with Crippen molar-refractivity contribution < 1.29 is 28.4 Å². The third-order valence-electron chi connectivity index (χ3n) is 5.74. The molecule has 3 aliphatic heterocycles. The Morgan fingerprint density at radius 1 is 0.938 bits per heavy atom. The number of hydrazone groups is 1. The van der Waals surface area contributed by atoms with E-state index in [1.54, 1.807) is 24.3 Å². The molecule has 5 rings (SSSR count). The highest BCUT2D eigenvalue weighted by Gasteiger charge is 2.55. The second-order valence-electron chi connectivity index (χ2n) is 7.55. The van der Waals surface area contributed by atoms with Crippen LogP contribution in [0.25, 0.3) is 0 Å². The van der Waals surface area contributed by atoms with Crippen molar-refractivity contribution in [2.75, 3.05) is 11.4 Å². The minimum absolute atomic E-state index is 0.130. The summed E-state index contributed by atoms with van der Waals surface area (Å²) in [5, 5.41) is 3.89. The highest BCUT2D eigenvalue weighted by atomic mass is 19.1. The number of benzene rings is 2. The first-order valence-electron chi connectivity index (χ1n) is 9.83. The number of halogens is 1. The molecule has 2 atom stereocenters. The van der Waals surface area contributed by atoms with Gasteiger partial charge in [0.2, 0.25) is 5.91 Å². The summed E-state index contributed by atoms with van der Waals surface area (Å²) in [7, 11) is 0. The maximum absolute atomic E-state index is 13.2. The summed E-state index contributed by atoms with van der Waals surface area (Å²) in [5.74, 6) is -4.42. The Morgan fingerprint density at radius 2 is 1.56 bits per heavy atom. The SMILES string of the molecule is O=C(CCN1C(=O)c2ccccc2C1=O)C1=NN[C@H]2C(=O)N(c3ccc(F)cc3)C(=O)[C@@H]12. The Bertz CT molecular complexity index is 1200. The van der Waals surface area contributed by atoms with E-state index in [4.69, 9.17) is 0 Å². The Labute approximate surface area is 180 Å². The van der Waals surface area contributed by atoms with Gasteiger partial charge in [0.15, 0.2) is 5.78 Å². The summed E-state index contributed by atoms with van der Waals surface area (Å²) in [4.78, 5) is 65.2. The summed E-state index contributed by atoms with van der Waals surface area (Å²) in [6, 6.07) is 10.2. The standard InChI is InChI=1S/C22H15FN4O5/c23-11-5-7-12(8-6-11)27-21(31)16-17(24-25-18(16)22(27)32)15(28)9-10-26-19(29)13-3-1-2-4-14(13)20(26)30/h1-8,16,18,25H,9-10H2/t16-,18+/m0/s1. The molecular weight excluding hydrogens is 419 g/mol. The fourth-order valence-corrected chi connectivity index (χ4v) is 4.15. The number of hydrogen-bond acceptors (Lipinski definition) is 7. The normalized spacial score (nSPS) is 21.6. The number of imide groups is 2. The molecule has 0 radical (unpaired) electrons. The van der Waals surface area contributed by atoms with Gasteiger partial charge in [0, 0.05) is 13.0 Å². The van der Waals surface area contributed by atoms with Crippen molar-refractivity contribution in [1.29, 1.82) is 0 Å². The predicted octanol–water partition coefficient (Wildman–Crippen LogP) is 0.898. The average molecular weight is 434 g/mol. The van der Waals surface area contributed by atoms with Gasteiger partial charge in [-0.3, -0.25) is 34.3 Å². The first kappa shape index (κ1) is 19.7. The van der Waals surface area contributed by atoms with Crippen LogP contribution in [0.3, 0.4) is 0 Å². The van der Waals surface area contributed by atoms with E-state index >= 15 is 0 Å². The first-order valence-corrected chi connectivity index (χ1v) is 9.83. The van der Waals surface area contributed by atoms with Crippen LogP contribution in [0, 0.1) is 11.7 Å². The lowest BCUT2D eigenvalue weighted by molar-refractivity contribution is -0.122. The summed E-state index contributed by atoms with van der Waals surface area (Å²) >= 11 is 0. The fourth-order valence-electron chi connectivity index (χ4n) is 4.15. The topological polar surface area (TPSA) is 116 Å². The summed E-state index contributed by atoms with van der Waals surface area (Å²) in [6.45, 7) is -0.175. The zero-order valence-electron chi connectivity index (χ0n) is 16.4. The van der Waals surface area contributed by atoms with E-state index < -0.39 is 47.2 Å². The first-order chi connectivity index (χ1) is 15.4. The lowest BCUT2D eigenvalue weighted by Gasteiger charge is -2.16. The lowest BCUT2D eigenvalue weighted by Crippen LogP contribution is -2.36. The highest BCUT2D eigenvalue weighted by Crippen LogP contribution is 2.31. The van der Waals surface area contributed by atoms with E-state index in [1.807, 2.05) is 0 Å². The molecule has 0 unspecified atom stereocenters. The molecule has 160 valence electrons. The minimum atomic E-state index is -1.12. The predicted molar refractivity (Wildman–Crippen MR) is 108 cm³/mol. The number of Topliss-reactive ketones (excluding diaryl/α,β-unsaturated/α-hetero) is 1. The molecule has 9 nitrogen and oxygen atoms in total. The number of anilines is 1. The van der Waals surface area contributed by atoms with Crippen molar-refractivity contribution in [1.82, 2.24) is 10.3 Å². The molecule has 0 bridgehead atoms.